The minimum atomic E-state index is -0.397. The third-order valence-corrected chi connectivity index (χ3v) is 2.63. The molecule has 80 valence electrons. The number of hydrogen-bond donors (Lipinski definition) is 1. The quantitative estimate of drug-likeness (QED) is 0.726. The number of hydrogen-bond acceptors (Lipinski definition) is 3. The lowest BCUT2D eigenvalue weighted by Gasteiger charge is -2.15. The lowest BCUT2D eigenvalue weighted by molar-refractivity contribution is 0.0765. The van der Waals surface area contributed by atoms with Gasteiger partial charge in [-0.1, -0.05) is 11.6 Å². The summed E-state index contributed by atoms with van der Waals surface area (Å²) in [5, 5.41) is 9.62. The molecule has 0 spiro atoms. The van der Waals surface area contributed by atoms with Crippen LogP contribution in [0.25, 0.3) is 0 Å². The molecule has 1 aromatic heterocycles. The van der Waals surface area contributed by atoms with E-state index in [0.717, 1.165) is 0 Å². The molecule has 1 aromatic rings. The first-order chi connectivity index (χ1) is 7.16. The van der Waals surface area contributed by atoms with Gasteiger partial charge in [-0.2, -0.15) is 0 Å². The summed E-state index contributed by atoms with van der Waals surface area (Å²) in [5.74, 6) is -0.101. The highest BCUT2D eigenvalue weighted by Crippen LogP contribution is 2.15. The van der Waals surface area contributed by atoms with Crippen LogP contribution in [-0.4, -0.2) is 40.1 Å². The van der Waals surface area contributed by atoms with Crippen LogP contribution in [-0.2, 0) is 0 Å². The molecule has 2 heterocycles. The van der Waals surface area contributed by atoms with Crippen LogP contribution >= 0.6 is 11.6 Å². The number of halogens is 1. The van der Waals surface area contributed by atoms with E-state index in [9.17, 15) is 9.90 Å². The second kappa shape index (κ2) is 4.16. The summed E-state index contributed by atoms with van der Waals surface area (Å²) in [6.45, 7) is 0.999. The fraction of sp³-hybridized carbons (Fsp3) is 0.400. The van der Waals surface area contributed by atoms with Gasteiger partial charge < -0.3 is 10.0 Å². The first kappa shape index (κ1) is 10.4. The summed E-state index contributed by atoms with van der Waals surface area (Å²) in [7, 11) is 0. The molecule has 5 heteroatoms. The van der Waals surface area contributed by atoms with E-state index in [1.165, 1.54) is 12.3 Å². The summed E-state index contributed by atoms with van der Waals surface area (Å²) in [5.41, 5.74) is 0.518. The van der Waals surface area contributed by atoms with Gasteiger partial charge in [-0.15, -0.1) is 0 Å². The number of aliphatic hydroxyl groups excluding tert-OH is 1. The molecule has 1 aliphatic heterocycles. The molecule has 1 unspecified atom stereocenters. The third-order valence-electron chi connectivity index (χ3n) is 2.42. The Hall–Kier alpha value is -1.13. The minimum Gasteiger partial charge on any atom is -0.391 e. The van der Waals surface area contributed by atoms with Gasteiger partial charge in [0.1, 0.15) is 5.15 Å². The predicted molar refractivity (Wildman–Crippen MR) is 55.8 cm³/mol. The van der Waals surface area contributed by atoms with E-state index in [1.54, 1.807) is 11.0 Å². The molecule has 1 fully saturated rings. The molecule has 0 aromatic carbocycles. The van der Waals surface area contributed by atoms with Crippen LogP contribution in [0.1, 0.15) is 16.8 Å². The predicted octanol–water partition coefficient (Wildman–Crippen LogP) is 0.942. The fourth-order valence-electron chi connectivity index (χ4n) is 1.64. The van der Waals surface area contributed by atoms with E-state index >= 15 is 0 Å². The van der Waals surface area contributed by atoms with Crippen LogP contribution in [0.3, 0.4) is 0 Å². The molecule has 15 heavy (non-hydrogen) atoms. The largest absolute Gasteiger partial charge is 0.391 e. The molecule has 2 rings (SSSR count). The Morgan fingerprint density at radius 1 is 1.67 bits per heavy atom. The maximum Gasteiger partial charge on any atom is 0.254 e. The van der Waals surface area contributed by atoms with E-state index < -0.39 is 6.10 Å². The van der Waals surface area contributed by atoms with Crippen molar-refractivity contribution in [1.29, 1.82) is 0 Å². The van der Waals surface area contributed by atoms with Crippen molar-refractivity contribution in [2.75, 3.05) is 13.1 Å². The Labute approximate surface area is 92.5 Å². The molecule has 1 amide bonds. The Bertz CT molecular complexity index is 383. The zero-order chi connectivity index (χ0) is 10.8. The second-order valence-corrected chi connectivity index (χ2v) is 3.95. The number of carbonyl (C=O) groups is 1. The van der Waals surface area contributed by atoms with Gasteiger partial charge in [-0.05, 0) is 18.6 Å². The zero-order valence-electron chi connectivity index (χ0n) is 8.06. The molecule has 1 N–H and O–H groups in total. The number of nitrogens with zero attached hydrogens (tertiary/aromatic N) is 2. The first-order valence-electron chi connectivity index (χ1n) is 4.76. The van der Waals surface area contributed by atoms with Crippen molar-refractivity contribution >= 4 is 17.5 Å². The smallest absolute Gasteiger partial charge is 0.254 e. The summed E-state index contributed by atoms with van der Waals surface area (Å²) in [6, 6.07) is 3.16. The standard InChI is InChI=1S/C10H11ClN2O2/c11-9-5-7(1-3-12-9)10(15)13-4-2-8(14)6-13/h1,3,5,8,14H,2,4,6H2. The van der Waals surface area contributed by atoms with Crippen molar-refractivity contribution in [1.82, 2.24) is 9.88 Å². The first-order valence-corrected chi connectivity index (χ1v) is 5.13. The number of pyridine rings is 1. The van der Waals surface area contributed by atoms with Crippen LogP contribution in [0.5, 0.6) is 0 Å². The molecule has 1 saturated heterocycles. The second-order valence-electron chi connectivity index (χ2n) is 3.56. The molecule has 0 aliphatic carbocycles. The number of β-amino-alcohol motifs (C(OH)–C–C–N with tert-alkyl or cyclic N) is 1. The van der Waals surface area contributed by atoms with Crippen molar-refractivity contribution < 1.29 is 9.90 Å². The van der Waals surface area contributed by atoms with Crippen LogP contribution in [0.2, 0.25) is 5.15 Å². The highest BCUT2D eigenvalue weighted by Gasteiger charge is 2.25. The monoisotopic (exact) mass is 226 g/mol. The van der Waals surface area contributed by atoms with Gasteiger partial charge >= 0.3 is 0 Å². The highest BCUT2D eigenvalue weighted by atomic mass is 35.5. The lowest BCUT2D eigenvalue weighted by Crippen LogP contribution is -2.29. The van der Waals surface area contributed by atoms with Crippen LogP contribution in [0.4, 0.5) is 0 Å². The fourth-order valence-corrected chi connectivity index (χ4v) is 1.82. The molecule has 1 aliphatic rings. The molecule has 4 nitrogen and oxygen atoms in total. The zero-order valence-corrected chi connectivity index (χ0v) is 8.81. The number of aliphatic hydroxyl groups is 1. The summed E-state index contributed by atoms with van der Waals surface area (Å²) < 4.78 is 0. The van der Waals surface area contributed by atoms with Gasteiger partial charge in [0.2, 0.25) is 0 Å². The van der Waals surface area contributed by atoms with Crippen molar-refractivity contribution in [2.24, 2.45) is 0 Å². The number of aromatic nitrogens is 1. The minimum absolute atomic E-state index is 0.101. The van der Waals surface area contributed by atoms with Crippen molar-refractivity contribution in [3.05, 3.63) is 29.0 Å². The van der Waals surface area contributed by atoms with E-state index in [1.807, 2.05) is 0 Å². The van der Waals surface area contributed by atoms with Crippen molar-refractivity contribution in [3.63, 3.8) is 0 Å². The van der Waals surface area contributed by atoms with E-state index in [-0.39, 0.29) is 5.91 Å². The van der Waals surface area contributed by atoms with Crippen LogP contribution in [0, 0.1) is 0 Å². The third kappa shape index (κ3) is 2.27. The van der Waals surface area contributed by atoms with Gasteiger partial charge in [0.25, 0.3) is 5.91 Å². The van der Waals surface area contributed by atoms with E-state index in [0.29, 0.717) is 30.2 Å². The maximum atomic E-state index is 11.9. The molecule has 0 radical (unpaired) electrons. The van der Waals surface area contributed by atoms with E-state index in [4.69, 9.17) is 11.6 Å². The molecular formula is C10H11ClN2O2. The van der Waals surface area contributed by atoms with Crippen molar-refractivity contribution in [2.45, 2.75) is 12.5 Å². The molecule has 0 saturated carbocycles. The number of rotatable bonds is 1. The maximum absolute atomic E-state index is 11.9. The number of likely N-dealkylation sites (tertiary alicyclic amines) is 1. The summed E-state index contributed by atoms with van der Waals surface area (Å²) in [4.78, 5) is 17.3. The highest BCUT2D eigenvalue weighted by molar-refractivity contribution is 6.29. The average molecular weight is 227 g/mol. The summed E-state index contributed by atoms with van der Waals surface area (Å²) in [6.07, 6.45) is 1.75. The number of amides is 1. The Balaban J connectivity index is 2.14. The van der Waals surface area contributed by atoms with Gasteiger partial charge in [0.05, 0.1) is 6.10 Å². The van der Waals surface area contributed by atoms with Gasteiger partial charge in [-0.25, -0.2) is 4.98 Å². The SMILES string of the molecule is O=C(c1ccnc(Cl)c1)N1CCC(O)C1. The molecule has 1 atom stereocenters. The van der Waals surface area contributed by atoms with Crippen LogP contribution in [0.15, 0.2) is 18.3 Å². The topological polar surface area (TPSA) is 53.4 Å². The molecule has 0 bridgehead atoms. The Morgan fingerprint density at radius 3 is 3.07 bits per heavy atom. The molecular weight excluding hydrogens is 216 g/mol. The van der Waals surface area contributed by atoms with Crippen molar-refractivity contribution in [3.8, 4) is 0 Å². The van der Waals surface area contributed by atoms with Crippen LogP contribution < -0.4 is 0 Å². The van der Waals surface area contributed by atoms with Gasteiger partial charge in [-0.3, -0.25) is 4.79 Å². The number of carbonyl (C=O) groups excluding carboxylic acids is 1. The Morgan fingerprint density at radius 2 is 2.47 bits per heavy atom. The normalized spacial score (nSPS) is 20.7. The Kier molecular flexibility index (Phi) is 2.88. The summed E-state index contributed by atoms with van der Waals surface area (Å²) >= 11 is 5.69. The average Bonchev–Trinajstić information content (AvgIpc) is 2.64. The van der Waals surface area contributed by atoms with E-state index in [2.05, 4.69) is 4.98 Å². The van der Waals surface area contributed by atoms with Gasteiger partial charge in [0.15, 0.2) is 0 Å². The van der Waals surface area contributed by atoms with Gasteiger partial charge in [0, 0.05) is 24.8 Å². The lowest BCUT2D eigenvalue weighted by atomic mass is 10.2.